The molecule has 5 heteroatoms. The van der Waals surface area contributed by atoms with Crippen LogP contribution in [0.5, 0.6) is 0 Å². The Bertz CT molecular complexity index is 309. The lowest BCUT2D eigenvalue weighted by Gasteiger charge is -2.11. The maximum Gasteiger partial charge on any atom is 0.142 e. The summed E-state index contributed by atoms with van der Waals surface area (Å²) in [6.07, 6.45) is 1.25. The second-order valence-electron chi connectivity index (χ2n) is 3.15. The van der Waals surface area contributed by atoms with Gasteiger partial charge in [0, 0.05) is 12.6 Å². The second-order valence-corrected chi connectivity index (χ2v) is 3.55. The molecule has 1 aromatic carbocycles. The zero-order chi connectivity index (χ0) is 10.6. The molecule has 0 fully saturated rings. The summed E-state index contributed by atoms with van der Waals surface area (Å²) in [6, 6.07) is 4.29. The number of rotatable bonds is 4. The summed E-state index contributed by atoms with van der Waals surface area (Å²) in [5, 5.41) is 8.71. The first-order valence-corrected chi connectivity index (χ1v) is 4.84. The van der Waals surface area contributed by atoms with Crippen LogP contribution in [0.2, 0.25) is 5.02 Å². The van der Waals surface area contributed by atoms with Gasteiger partial charge in [-0.3, -0.25) is 0 Å². The van der Waals surface area contributed by atoms with Gasteiger partial charge in [-0.05, 0) is 30.5 Å². The third-order valence-electron chi connectivity index (χ3n) is 2.05. The van der Waals surface area contributed by atoms with E-state index in [1.165, 1.54) is 12.1 Å². The number of hydrogen-bond acceptors (Lipinski definition) is 2. The average molecular weight is 254 g/mol. The Morgan fingerprint density at radius 2 is 2.13 bits per heavy atom. The molecule has 1 rings (SSSR count). The van der Waals surface area contributed by atoms with Crippen LogP contribution >= 0.6 is 24.0 Å². The first-order valence-electron chi connectivity index (χ1n) is 4.46. The molecule has 0 aliphatic rings. The Morgan fingerprint density at radius 3 is 2.67 bits per heavy atom. The smallest absolute Gasteiger partial charge is 0.142 e. The predicted octanol–water partition coefficient (Wildman–Crippen LogP) is 2.67. The van der Waals surface area contributed by atoms with E-state index in [-0.39, 0.29) is 30.1 Å². The van der Waals surface area contributed by atoms with Crippen LogP contribution in [0.15, 0.2) is 18.2 Å². The van der Waals surface area contributed by atoms with Gasteiger partial charge >= 0.3 is 0 Å². The predicted molar refractivity (Wildman–Crippen MR) is 61.9 cm³/mol. The van der Waals surface area contributed by atoms with Crippen LogP contribution in [0.1, 0.15) is 24.4 Å². The van der Waals surface area contributed by atoms with Crippen LogP contribution in [0.4, 0.5) is 4.39 Å². The average Bonchev–Trinajstić information content (AvgIpc) is 2.18. The van der Waals surface area contributed by atoms with Gasteiger partial charge < -0.3 is 10.8 Å². The van der Waals surface area contributed by atoms with Crippen LogP contribution in [0.25, 0.3) is 0 Å². The summed E-state index contributed by atoms with van der Waals surface area (Å²) in [5.41, 5.74) is 6.49. The van der Waals surface area contributed by atoms with Crippen LogP contribution in [-0.4, -0.2) is 11.7 Å². The van der Waals surface area contributed by atoms with Crippen molar-refractivity contribution in [3.8, 4) is 0 Å². The van der Waals surface area contributed by atoms with E-state index < -0.39 is 5.82 Å². The number of aliphatic hydroxyl groups excluding tert-OH is 1. The topological polar surface area (TPSA) is 46.2 Å². The zero-order valence-corrected chi connectivity index (χ0v) is 9.69. The lowest BCUT2D eigenvalue weighted by molar-refractivity contribution is 0.280. The molecule has 15 heavy (non-hydrogen) atoms. The zero-order valence-electron chi connectivity index (χ0n) is 8.12. The third-order valence-corrected chi connectivity index (χ3v) is 2.35. The monoisotopic (exact) mass is 253 g/mol. The van der Waals surface area contributed by atoms with Crippen molar-refractivity contribution in [2.45, 2.75) is 18.9 Å². The van der Waals surface area contributed by atoms with Gasteiger partial charge in [-0.15, -0.1) is 12.4 Å². The molecule has 0 spiro atoms. The standard InChI is InChI=1S/C10H13ClFNO.ClH/c11-8-4-3-7(6-9(8)12)10(13)2-1-5-14;/h3-4,6,10,14H,1-2,5,13H2;1H/t10-;/m1./s1. The summed E-state index contributed by atoms with van der Waals surface area (Å²) >= 11 is 5.53. The molecule has 0 heterocycles. The van der Waals surface area contributed by atoms with Crippen LogP contribution < -0.4 is 5.73 Å². The van der Waals surface area contributed by atoms with Crippen molar-refractivity contribution < 1.29 is 9.50 Å². The van der Waals surface area contributed by atoms with Crippen molar-refractivity contribution in [1.82, 2.24) is 0 Å². The van der Waals surface area contributed by atoms with E-state index in [0.717, 1.165) is 0 Å². The first kappa shape index (κ1) is 14.6. The third kappa shape index (κ3) is 4.34. The molecular formula is C10H14Cl2FNO. The minimum atomic E-state index is -0.455. The van der Waals surface area contributed by atoms with Crippen molar-refractivity contribution in [2.75, 3.05) is 6.61 Å². The van der Waals surface area contributed by atoms with Gasteiger partial charge in [0.1, 0.15) is 5.82 Å². The maximum absolute atomic E-state index is 13.0. The van der Waals surface area contributed by atoms with Crippen molar-refractivity contribution in [3.05, 3.63) is 34.6 Å². The van der Waals surface area contributed by atoms with Crippen LogP contribution in [0, 0.1) is 5.82 Å². The quantitative estimate of drug-likeness (QED) is 0.867. The molecule has 1 atom stereocenters. The van der Waals surface area contributed by atoms with E-state index in [1.807, 2.05) is 0 Å². The van der Waals surface area contributed by atoms with Gasteiger partial charge in [0.15, 0.2) is 0 Å². The van der Waals surface area contributed by atoms with Crippen molar-refractivity contribution in [3.63, 3.8) is 0 Å². The van der Waals surface area contributed by atoms with Crippen LogP contribution in [-0.2, 0) is 0 Å². The van der Waals surface area contributed by atoms with E-state index in [9.17, 15) is 4.39 Å². The number of halogens is 3. The molecular weight excluding hydrogens is 240 g/mol. The molecule has 0 radical (unpaired) electrons. The molecule has 86 valence electrons. The number of nitrogens with two attached hydrogens (primary N) is 1. The number of benzene rings is 1. The first-order chi connectivity index (χ1) is 6.65. The highest BCUT2D eigenvalue weighted by Crippen LogP contribution is 2.21. The number of hydrogen-bond donors (Lipinski definition) is 2. The van der Waals surface area contributed by atoms with Gasteiger partial charge in [-0.1, -0.05) is 17.7 Å². The Hall–Kier alpha value is -0.350. The van der Waals surface area contributed by atoms with Gasteiger partial charge in [-0.2, -0.15) is 0 Å². The lowest BCUT2D eigenvalue weighted by atomic mass is 10.0. The Labute approximate surface area is 99.6 Å². The molecule has 0 aliphatic carbocycles. The van der Waals surface area contributed by atoms with Crippen molar-refractivity contribution in [2.24, 2.45) is 5.73 Å². The highest BCUT2D eigenvalue weighted by atomic mass is 35.5. The lowest BCUT2D eigenvalue weighted by Crippen LogP contribution is -2.11. The molecule has 0 amide bonds. The van der Waals surface area contributed by atoms with Crippen LogP contribution in [0.3, 0.4) is 0 Å². The van der Waals surface area contributed by atoms with E-state index in [1.54, 1.807) is 6.07 Å². The SMILES string of the molecule is Cl.N[C@H](CCCO)c1ccc(Cl)c(F)c1. The normalized spacial score (nSPS) is 12.0. The minimum Gasteiger partial charge on any atom is -0.396 e. The van der Waals surface area contributed by atoms with Crippen molar-refractivity contribution >= 4 is 24.0 Å². The highest BCUT2D eigenvalue weighted by Gasteiger charge is 2.08. The molecule has 0 aromatic heterocycles. The second kappa shape index (κ2) is 7.01. The Morgan fingerprint density at radius 1 is 1.47 bits per heavy atom. The molecule has 0 saturated carbocycles. The highest BCUT2D eigenvalue weighted by molar-refractivity contribution is 6.30. The van der Waals surface area contributed by atoms with Gasteiger partial charge in [0.2, 0.25) is 0 Å². The fourth-order valence-electron chi connectivity index (χ4n) is 1.22. The van der Waals surface area contributed by atoms with Gasteiger partial charge in [-0.25, -0.2) is 4.39 Å². The molecule has 0 unspecified atom stereocenters. The molecule has 1 aromatic rings. The Kier molecular flexibility index (Phi) is 6.85. The summed E-state index contributed by atoms with van der Waals surface area (Å²) in [4.78, 5) is 0. The van der Waals surface area contributed by atoms with Gasteiger partial charge in [0.25, 0.3) is 0 Å². The molecule has 3 N–H and O–H groups in total. The molecule has 0 bridgehead atoms. The fraction of sp³-hybridized carbons (Fsp3) is 0.400. The molecule has 0 aliphatic heterocycles. The fourth-order valence-corrected chi connectivity index (χ4v) is 1.34. The summed E-state index contributed by atoms with van der Waals surface area (Å²) in [6.45, 7) is 0.101. The van der Waals surface area contributed by atoms with Crippen molar-refractivity contribution in [1.29, 1.82) is 0 Å². The Balaban J connectivity index is 0.00000196. The summed E-state index contributed by atoms with van der Waals surface area (Å²) in [7, 11) is 0. The van der Waals surface area contributed by atoms with Gasteiger partial charge in [0.05, 0.1) is 5.02 Å². The van der Waals surface area contributed by atoms with E-state index in [2.05, 4.69) is 0 Å². The molecule has 2 nitrogen and oxygen atoms in total. The van der Waals surface area contributed by atoms with E-state index >= 15 is 0 Å². The minimum absolute atomic E-state index is 0. The molecule has 0 saturated heterocycles. The largest absolute Gasteiger partial charge is 0.396 e. The summed E-state index contributed by atoms with van der Waals surface area (Å²) < 4.78 is 13.0. The summed E-state index contributed by atoms with van der Waals surface area (Å²) in [5.74, 6) is -0.455. The van der Waals surface area contributed by atoms with E-state index in [4.69, 9.17) is 22.4 Å². The number of aliphatic hydroxyl groups is 1. The maximum atomic E-state index is 13.0. The van der Waals surface area contributed by atoms with E-state index in [0.29, 0.717) is 18.4 Å².